The zero-order valence-corrected chi connectivity index (χ0v) is 21.8. The van der Waals surface area contributed by atoms with Gasteiger partial charge < -0.3 is 40.1 Å². The SMILES string of the molecule is NC(=O)c1ncc(N[C@@H]2CCCC[C@@H]2O)cc1Nc1cc(-c2csc3c(=O)cc(N4CCOCC4)oc23)on1. The van der Waals surface area contributed by atoms with Crippen molar-refractivity contribution < 1.29 is 23.6 Å². The molecule has 5 N–H and O–H groups in total. The minimum Gasteiger partial charge on any atom is -0.439 e. The van der Waals surface area contributed by atoms with Crippen LogP contribution in [0.2, 0.25) is 0 Å². The van der Waals surface area contributed by atoms with E-state index in [0.29, 0.717) is 71.0 Å². The Morgan fingerprint density at radius 1 is 1.18 bits per heavy atom. The Hall–Kier alpha value is -3.94. The molecule has 0 spiro atoms. The molecule has 0 unspecified atom stereocenters. The monoisotopic (exact) mass is 552 g/mol. The number of aromatic nitrogens is 2. The fourth-order valence-corrected chi connectivity index (χ4v) is 5.86. The largest absolute Gasteiger partial charge is 0.439 e. The van der Waals surface area contributed by atoms with Crippen LogP contribution in [-0.2, 0) is 4.74 Å². The Morgan fingerprint density at radius 2 is 2.00 bits per heavy atom. The van der Waals surface area contributed by atoms with Crippen molar-refractivity contribution >= 4 is 50.6 Å². The van der Waals surface area contributed by atoms with Gasteiger partial charge in [0.2, 0.25) is 5.43 Å². The number of nitrogens with zero attached hydrogens (tertiary/aromatic N) is 3. The number of pyridine rings is 1. The number of carbonyl (C=O) groups is 1. The van der Waals surface area contributed by atoms with Gasteiger partial charge in [-0.15, -0.1) is 11.3 Å². The molecule has 2 fully saturated rings. The van der Waals surface area contributed by atoms with Gasteiger partial charge in [0.25, 0.3) is 5.91 Å². The van der Waals surface area contributed by atoms with E-state index >= 15 is 0 Å². The fraction of sp³-hybridized carbons (Fsp3) is 0.385. The second-order valence-electron chi connectivity index (χ2n) is 9.64. The lowest BCUT2D eigenvalue weighted by atomic mass is 9.92. The first-order valence-corrected chi connectivity index (χ1v) is 13.7. The smallest absolute Gasteiger partial charge is 0.269 e. The summed E-state index contributed by atoms with van der Waals surface area (Å²) in [5.74, 6) is 0.485. The molecule has 39 heavy (non-hydrogen) atoms. The average molecular weight is 553 g/mol. The zero-order chi connectivity index (χ0) is 26.9. The van der Waals surface area contributed by atoms with Gasteiger partial charge in [0.1, 0.15) is 4.70 Å². The maximum absolute atomic E-state index is 12.8. The zero-order valence-electron chi connectivity index (χ0n) is 21.0. The lowest BCUT2D eigenvalue weighted by Crippen LogP contribution is -2.36. The third-order valence-corrected chi connectivity index (χ3v) is 7.97. The molecule has 2 atom stereocenters. The Morgan fingerprint density at radius 3 is 2.79 bits per heavy atom. The molecule has 1 saturated heterocycles. The van der Waals surface area contributed by atoms with Crippen LogP contribution >= 0.6 is 11.3 Å². The number of rotatable bonds is 7. The number of aliphatic hydroxyl groups excluding tert-OH is 1. The summed E-state index contributed by atoms with van der Waals surface area (Å²) >= 11 is 1.27. The molecule has 4 aromatic heterocycles. The number of ether oxygens (including phenoxy) is 1. The van der Waals surface area contributed by atoms with E-state index in [1.54, 1.807) is 17.5 Å². The molecule has 1 aliphatic heterocycles. The highest BCUT2D eigenvalue weighted by Gasteiger charge is 2.24. The minimum atomic E-state index is -0.702. The predicted molar refractivity (Wildman–Crippen MR) is 147 cm³/mol. The van der Waals surface area contributed by atoms with Crippen LogP contribution in [0.5, 0.6) is 0 Å². The van der Waals surface area contributed by atoms with Gasteiger partial charge in [0.15, 0.2) is 28.7 Å². The van der Waals surface area contributed by atoms with Crippen LogP contribution in [0.1, 0.15) is 36.2 Å². The summed E-state index contributed by atoms with van der Waals surface area (Å²) in [4.78, 5) is 31.1. The van der Waals surface area contributed by atoms with Crippen LogP contribution in [0, 0.1) is 0 Å². The topological polar surface area (TPSA) is 169 Å². The summed E-state index contributed by atoms with van der Waals surface area (Å²) < 4.78 is 17.6. The molecule has 1 saturated carbocycles. The fourth-order valence-electron chi connectivity index (χ4n) is 4.97. The summed E-state index contributed by atoms with van der Waals surface area (Å²) in [5, 5.41) is 22.6. The van der Waals surface area contributed by atoms with Crippen molar-refractivity contribution in [3.05, 3.63) is 45.7 Å². The Kier molecular flexibility index (Phi) is 6.94. The van der Waals surface area contributed by atoms with E-state index in [-0.39, 0.29) is 17.2 Å². The molecule has 0 aromatic carbocycles. The van der Waals surface area contributed by atoms with E-state index in [1.807, 2.05) is 4.90 Å². The van der Waals surface area contributed by atoms with E-state index < -0.39 is 12.0 Å². The first-order chi connectivity index (χ1) is 19.0. The number of hydrogen-bond acceptors (Lipinski definition) is 12. The average Bonchev–Trinajstić information content (AvgIpc) is 3.58. The first kappa shape index (κ1) is 25.3. The molecular formula is C26H28N6O6S. The number of aliphatic hydroxyl groups is 1. The van der Waals surface area contributed by atoms with Crippen molar-refractivity contribution in [1.82, 2.24) is 10.1 Å². The van der Waals surface area contributed by atoms with Crippen molar-refractivity contribution in [2.45, 2.75) is 37.8 Å². The van der Waals surface area contributed by atoms with Crippen LogP contribution in [0.15, 0.2) is 43.5 Å². The number of morpholine rings is 1. The number of primary amides is 1. The number of thiophene rings is 1. The molecule has 6 rings (SSSR count). The van der Waals surface area contributed by atoms with Gasteiger partial charge in [-0.05, 0) is 18.9 Å². The second-order valence-corrected chi connectivity index (χ2v) is 10.5. The molecule has 204 valence electrons. The Labute approximate surface area is 226 Å². The van der Waals surface area contributed by atoms with Crippen molar-refractivity contribution in [2.75, 3.05) is 41.8 Å². The van der Waals surface area contributed by atoms with Crippen LogP contribution in [0.4, 0.5) is 23.1 Å². The summed E-state index contributed by atoms with van der Waals surface area (Å²) in [6.07, 6.45) is 4.67. The van der Waals surface area contributed by atoms with E-state index in [2.05, 4.69) is 20.8 Å². The number of nitrogens with one attached hydrogen (secondary N) is 2. The third-order valence-electron chi connectivity index (χ3n) is 6.99. The number of anilines is 4. The van der Waals surface area contributed by atoms with Gasteiger partial charge in [0.05, 0.1) is 48.5 Å². The maximum atomic E-state index is 12.8. The minimum absolute atomic E-state index is 0.0384. The maximum Gasteiger partial charge on any atom is 0.269 e. The van der Waals surface area contributed by atoms with E-state index in [4.69, 9.17) is 19.4 Å². The number of nitrogens with two attached hydrogens (primary N) is 1. The number of hydrogen-bond donors (Lipinski definition) is 4. The van der Waals surface area contributed by atoms with Gasteiger partial charge in [-0.25, -0.2) is 4.98 Å². The van der Waals surface area contributed by atoms with E-state index in [0.717, 1.165) is 25.7 Å². The van der Waals surface area contributed by atoms with Gasteiger partial charge in [-0.1, -0.05) is 18.0 Å². The van der Waals surface area contributed by atoms with Crippen LogP contribution in [0.3, 0.4) is 0 Å². The predicted octanol–water partition coefficient (Wildman–Crippen LogP) is 3.30. The Bertz CT molecular complexity index is 1560. The first-order valence-electron chi connectivity index (χ1n) is 12.8. The molecule has 5 heterocycles. The van der Waals surface area contributed by atoms with Gasteiger partial charge >= 0.3 is 0 Å². The van der Waals surface area contributed by atoms with E-state index in [9.17, 15) is 14.7 Å². The third kappa shape index (κ3) is 5.20. The van der Waals surface area contributed by atoms with E-state index in [1.165, 1.54) is 23.6 Å². The van der Waals surface area contributed by atoms with Crippen molar-refractivity contribution in [1.29, 1.82) is 0 Å². The van der Waals surface area contributed by atoms with Gasteiger partial charge in [-0.2, -0.15) is 0 Å². The number of carbonyl (C=O) groups excluding carboxylic acids is 1. The standard InChI is InChI=1S/C26H28N6O6S/c27-26(35)23-17(9-14(12-28-23)29-16-3-1-2-4-18(16)33)30-21-11-20(38-31-21)15-13-39-25-19(34)10-22(37-24(15)25)32-5-7-36-8-6-32/h9-13,16,18,29,33H,1-8H2,(H2,27,35)(H,30,31)/t16-,18+/m1/s1. The lowest BCUT2D eigenvalue weighted by molar-refractivity contribution is 0.0996. The molecule has 12 nitrogen and oxygen atoms in total. The molecule has 2 aliphatic rings. The van der Waals surface area contributed by atoms with Gasteiger partial charge in [0, 0.05) is 30.6 Å². The molecular weight excluding hydrogens is 524 g/mol. The second kappa shape index (κ2) is 10.7. The summed E-state index contributed by atoms with van der Waals surface area (Å²) in [7, 11) is 0. The van der Waals surface area contributed by atoms with Crippen molar-refractivity contribution in [3.8, 4) is 11.3 Å². The lowest BCUT2D eigenvalue weighted by Gasteiger charge is -2.29. The highest BCUT2D eigenvalue weighted by Crippen LogP contribution is 2.36. The molecule has 1 aliphatic carbocycles. The highest BCUT2D eigenvalue weighted by atomic mass is 32.1. The number of fused-ring (bicyclic) bond motifs is 1. The normalized spacial score (nSPS) is 19.8. The van der Waals surface area contributed by atoms with Gasteiger partial charge in [-0.3, -0.25) is 9.59 Å². The van der Waals surface area contributed by atoms with Crippen LogP contribution < -0.4 is 26.7 Å². The molecule has 13 heteroatoms. The number of amides is 1. The van der Waals surface area contributed by atoms with Crippen LogP contribution in [-0.4, -0.2) is 59.6 Å². The summed E-state index contributed by atoms with van der Waals surface area (Å²) in [5.41, 5.74) is 7.47. The molecule has 0 radical (unpaired) electrons. The van der Waals surface area contributed by atoms with Crippen LogP contribution in [0.25, 0.3) is 21.6 Å². The summed E-state index contributed by atoms with van der Waals surface area (Å²) in [6, 6.07) is 4.76. The molecule has 1 amide bonds. The molecule has 4 aromatic rings. The quantitative estimate of drug-likeness (QED) is 0.265. The Balaban J connectivity index is 1.28. The van der Waals surface area contributed by atoms with Crippen molar-refractivity contribution in [2.24, 2.45) is 5.73 Å². The molecule has 0 bridgehead atoms. The highest BCUT2D eigenvalue weighted by molar-refractivity contribution is 7.17. The summed E-state index contributed by atoms with van der Waals surface area (Å²) in [6.45, 7) is 2.40. The van der Waals surface area contributed by atoms with Crippen molar-refractivity contribution in [3.63, 3.8) is 0 Å².